The number of aromatic nitrogens is 1. The van der Waals surface area contributed by atoms with Crippen LogP contribution in [0.1, 0.15) is 36.1 Å². The van der Waals surface area contributed by atoms with Crippen LogP contribution in [-0.2, 0) is 17.6 Å². The monoisotopic (exact) mass is 443 g/mol. The lowest BCUT2D eigenvalue weighted by molar-refractivity contribution is -0.117. The molecule has 0 bridgehead atoms. The number of rotatable bonds is 4. The molecule has 0 unspecified atom stereocenters. The Bertz CT molecular complexity index is 1160. The normalized spacial score (nSPS) is 14.2. The second-order valence-electron chi connectivity index (χ2n) is 7.63. The van der Waals surface area contributed by atoms with E-state index >= 15 is 0 Å². The van der Waals surface area contributed by atoms with Gasteiger partial charge in [0, 0.05) is 27.7 Å². The number of hydrogen-bond acceptors (Lipinski definition) is 5. The molecule has 0 N–H and O–H groups in total. The van der Waals surface area contributed by atoms with E-state index in [0.717, 1.165) is 57.6 Å². The SMILES string of the molecule is N#Cc1cc2c(nc1SCCC(=O)N1c3ccccc3Sc3ccccc31)CCCC2. The molecule has 0 saturated carbocycles. The third-order valence-corrected chi connectivity index (χ3v) is 7.75. The summed E-state index contributed by atoms with van der Waals surface area (Å²) >= 11 is 3.21. The van der Waals surface area contributed by atoms with Crippen molar-refractivity contribution in [1.29, 1.82) is 5.26 Å². The minimum Gasteiger partial charge on any atom is -0.279 e. The molecular formula is C25H21N3OS2. The number of hydrogen-bond donors (Lipinski definition) is 0. The number of nitrogens with zero attached hydrogens (tertiary/aromatic N) is 3. The van der Waals surface area contributed by atoms with Gasteiger partial charge in [0.05, 0.1) is 16.9 Å². The number of amides is 1. The van der Waals surface area contributed by atoms with Gasteiger partial charge >= 0.3 is 0 Å². The standard InChI is InChI=1S/C25H21N3OS2/c26-16-18-15-17-7-1-2-8-19(17)27-25(18)30-14-13-24(29)28-20-9-3-5-11-22(20)31-23-12-6-4-10-21(23)28/h3-6,9-12,15H,1-2,7-8,13-14H2. The zero-order valence-corrected chi connectivity index (χ0v) is 18.6. The molecule has 1 aliphatic heterocycles. The molecule has 31 heavy (non-hydrogen) atoms. The van der Waals surface area contributed by atoms with E-state index < -0.39 is 0 Å². The fraction of sp³-hybridized carbons (Fsp3) is 0.240. The van der Waals surface area contributed by atoms with Crippen LogP contribution in [0, 0.1) is 11.3 Å². The molecule has 2 aliphatic rings. The van der Waals surface area contributed by atoms with Crippen molar-refractivity contribution in [3.8, 4) is 6.07 Å². The molecule has 5 rings (SSSR count). The minimum atomic E-state index is 0.0594. The summed E-state index contributed by atoms with van der Waals surface area (Å²) in [5.74, 6) is 0.650. The van der Waals surface area contributed by atoms with E-state index in [4.69, 9.17) is 4.98 Å². The molecule has 1 aromatic heterocycles. The summed E-state index contributed by atoms with van der Waals surface area (Å²) in [5.41, 5.74) is 4.83. The first kappa shape index (κ1) is 20.2. The molecule has 1 aliphatic carbocycles. The van der Waals surface area contributed by atoms with Crippen LogP contribution in [0.3, 0.4) is 0 Å². The van der Waals surface area contributed by atoms with Gasteiger partial charge < -0.3 is 0 Å². The molecule has 1 amide bonds. The maximum atomic E-state index is 13.3. The maximum absolute atomic E-state index is 13.3. The lowest BCUT2D eigenvalue weighted by Crippen LogP contribution is -2.28. The molecule has 2 aromatic carbocycles. The molecule has 0 fully saturated rings. The van der Waals surface area contributed by atoms with Gasteiger partial charge in [-0.1, -0.05) is 36.0 Å². The van der Waals surface area contributed by atoms with E-state index in [9.17, 15) is 10.1 Å². The molecule has 6 heteroatoms. The molecule has 3 aromatic rings. The van der Waals surface area contributed by atoms with Crippen molar-refractivity contribution in [2.24, 2.45) is 0 Å². The van der Waals surface area contributed by atoms with Gasteiger partial charge in [0.25, 0.3) is 0 Å². The van der Waals surface area contributed by atoms with E-state index in [0.29, 0.717) is 17.7 Å². The lowest BCUT2D eigenvalue weighted by atomic mass is 9.95. The smallest absolute Gasteiger partial charge is 0.232 e. The van der Waals surface area contributed by atoms with E-state index in [-0.39, 0.29) is 5.91 Å². The van der Waals surface area contributed by atoms with Crippen molar-refractivity contribution in [2.75, 3.05) is 10.7 Å². The van der Waals surface area contributed by atoms with Crippen LogP contribution in [0.5, 0.6) is 0 Å². The molecule has 0 saturated heterocycles. The number of benzene rings is 2. The Morgan fingerprint density at radius 3 is 2.45 bits per heavy atom. The number of anilines is 2. The van der Waals surface area contributed by atoms with Crippen LogP contribution < -0.4 is 4.90 Å². The number of fused-ring (bicyclic) bond motifs is 3. The Morgan fingerprint density at radius 2 is 1.74 bits per heavy atom. The van der Waals surface area contributed by atoms with Crippen LogP contribution in [0.25, 0.3) is 0 Å². The third-order valence-electron chi connectivity index (χ3n) is 5.62. The molecule has 154 valence electrons. The highest BCUT2D eigenvalue weighted by Crippen LogP contribution is 2.48. The van der Waals surface area contributed by atoms with Crippen LogP contribution in [0.2, 0.25) is 0 Å². The summed E-state index contributed by atoms with van der Waals surface area (Å²) < 4.78 is 0. The molecule has 0 spiro atoms. The average Bonchev–Trinajstić information content (AvgIpc) is 2.81. The van der Waals surface area contributed by atoms with Crippen LogP contribution in [0.15, 0.2) is 69.4 Å². The zero-order valence-electron chi connectivity index (χ0n) is 17.0. The highest BCUT2D eigenvalue weighted by molar-refractivity contribution is 7.99. The highest BCUT2D eigenvalue weighted by atomic mass is 32.2. The number of para-hydroxylation sites is 2. The highest BCUT2D eigenvalue weighted by Gasteiger charge is 2.27. The van der Waals surface area contributed by atoms with Crippen molar-refractivity contribution < 1.29 is 4.79 Å². The maximum Gasteiger partial charge on any atom is 0.232 e. The van der Waals surface area contributed by atoms with Gasteiger partial charge in [-0.25, -0.2) is 4.98 Å². The number of thioether (sulfide) groups is 1. The summed E-state index contributed by atoms with van der Waals surface area (Å²) in [7, 11) is 0. The Hall–Kier alpha value is -2.75. The number of carbonyl (C=O) groups excluding carboxylic acids is 1. The van der Waals surface area contributed by atoms with Crippen LogP contribution in [0.4, 0.5) is 11.4 Å². The van der Waals surface area contributed by atoms with Gasteiger partial charge in [-0.2, -0.15) is 5.26 Å². The number of pyridine rings is 1. The predicted octanol–water partition coefficient (Wildman–Crippen LogP) is 6.14. The largest absolute Gasteiger partial charge is 0.279 e. The predicted molar refractivity (Wildman–Crippen MR) is 125 cm³/mol. The van der Waals surface area contributed by atoms with Gasteiger partial charge in [-0.15, -0.1) is 11.8 Å². The first-order valence-electron chi connectivity index (χ1n) is 10.5. The summed E-state index contributed by atoms with van der Waals surface area (Å²) in [6, 6.07) is 20.4. The number of nitriles is 1. The molecule has 4 nitrogen and oxygen atoms in total. The summed E-state index contributed by atoms with van der Waals surface area (Å²) in [5, 5.41) is 10.3. The van der Waals surface area contributed by atoms with Crippen molar-refractivity contribution in [3.05, 3.63) is 71.4 Å². The van der Waals surface area contributed by atoms with E-state index in [1.807, 2.05) is 47.4 Å². The van der Waals surface area contributed by atoms with Gasteiger partial charge in [-0.3, -0.25) is 9.69 Å². The summed E-state index contributed by atoms with van der Waals surface area (Å²) in [4.78, 5) is 22.1. The van der Waals surface area contributed by atoms with E-state index in [1.165, 1.54) is 17.3 Å². The topological polar surface area (TPSA) is 57.0 Å². The van der Waals surface area contributed by atoms with E-state index in [2.05, 4.69) is 18.2 Å². The average molecular weight is 444 g/mol. The fourth-order valence-corrected chi connectivity index (χ4v) is 6.09. The van der Waals surface area contributed by atoms with Crippen molar-refractivity contribution in [3.63, 3.8) is 0 Å². The number of aryl methyl sites for hydroxylation is 2. The Morgan fingerprint density at radius 1 is 1.06 bits per heavy atom. The van der Waals surface area contributed by atoms with Gasteiger partial charge in [0.1, 0.15) is 11.1 Å². The van der Waals surface area contributed by atoms with Crippen molar-refractivity contribution in [2.45, 2.75) is 46.9 Å². The first-order chi connectivity index (χ1) is 15.2. The molecule has 0 radical (unpaired) electrons. The first-order valence-corrected chi connectivity index (χ1v) is 12.3. The Kier molecular flexibility index (Phi) is 5.71. The second kappa shape index (κ2) is 8.78. The van der Waals surface area contributed by atoms with Gasteiger partial charge in [0.15, 0.2) is 0 Å². The molecule has 0 atom stereocenters. The fourth-order valence-electron chi connectivity index (χ4n) is 4.12. The third kappa shape index (κ3) is 3.96. The number of carbonyl (C=O) groups is 1. The van der Waals surface area contributed by atoms with Crippen molar-refractivity contribution in [1.82, 2.24) is 4.98 Å². The van der Waals surface area contributed by atoms with Crippen LogP contribution in [-0.4, -0.2) is 16.6 Å². The van der Waals surface area contributed by atoms with Gasteiger partial charge in [0.2, 0.25) is 5.91 Å². The second-order valence-corrected chi connectivity index (χ2v) is 9.80. The molecular weight excluding hydrogens is 422 g/mol. The van der Waals surface area contributed by atoms with Crippen molar-refractivity contribution >= 4 is 40.8 Å². The Balaban J connectivity index is 1.35. The summed E-state index contributed by atoms with van der Waals surface area (Å²) in [6.45, 7) is 0. The lowest BCUT2D eigenvalue weighted by Gasteiger charge is -2.31. The van der Waals surface area contributed by atoms with E-state index in [1.54, 1.807) is 11.8 Å². The quantitative estimate of drug-likeness (QED) is 0.453. The van der Waals surface area contributed by atoms with Gasteiger partial charge in [-0.05, 0) is 61.6 Å². The minimum absolute atomic E-state index is 0.0594. The molecule has 2 heterocycles. The Labute approximate surface area is 190 Å². The van der Waals surface area contributed by atoms with Crippen LogP contribution >= 0.6 is 23.5 Å². The zero-order chi connectivity index (χ0) is 21.2. The summed E-state index contributed by atoms with van der Waals surface area (Å²) in [6.07, 6.45) is 4.68.